The first-order valence-corrected chi connectivity index (χ1v) is 9.45. The van der Waals surface area contributed by atoms with Crippen LogP contribution in [0.25, 0.3) is 0 Å². The van der Waals surface area contributed by atoms with Crippen molar-refractivity contribution in [3.63, 3.8) is 0 Å². The number of fused-ring (bicyclic) bond motifs is 2. The van der Waals surface area contributed by atoms with Crippen molar-refractivity contribution in [3.05, 3.63) is 71.3 Å². The summed E-state index contributed by atoms with van der Waals surface area (Å²) in [5.41, 5.74) is 1.46. The van der Waals surface area contributed by atoms with Crippen molar-refractivity contribution in [1.29, 1.82) is 0 Å². The molecule has 4 rings (SSSR count). The van der Waals surface area contributed by atoms with Crippen molar-refractivity contribution in [1.82, 2.24) is 0 Å². The maximum Gasteiger partial charge on any atom is 0.313 e. The van der Waals surface area contributed by atoms with Crippen LogP contribution in [-0.2, 0) is 19.0 Å². The molecular weight excluding hydrogens is 366 g/mol. The average molecular weight is 388 g/mol. The highest BCUT2D eigenvalue weighted by Crippen LogP contribution is 2.41. The Labute approximate surface area is 162 Å². The molecule has 6 heteroatoms. The molecule has 3 unspecified atom stereocenters. The van der Waals surface area contributed by atoms with Crippen molar-refractivity contribution >= 4 is 5.97 Å². The number of rotatable bonds is 5. The maximum absolute atomic E-state index is 13.4. The second-order valence-electron chi connectivity index (χ2n) is 7.32. The Bertz CT molecular complexity index is 776. The van der Waals surface area contributed by atoms with E-state index in [1.807, 2.05) is 0 Å². The van der Waals surface area contributed by atoms with Gasteiger partial charge in [0.25, 0.3) is 0 Å². The molecule has 0 spiro atoms. The van der Waals surface area contributed by atoms with Gasteiger partial charge in [0.15, 0.2) is 0 Å². The first-order valence-electron chi connectivity index (χ1n) is 9.45. The lowest BCUT2D eigenvalue weighted by Crippen LogP contribution is -2.45. The molecule has 4 nitrogen and oxygen atoms in total. The Hall–Kier alpha value is -2.31. The highest BCUT2D eigenvalue weighted by atomic mass is 19.1. The van der Waals surface area contributed by atoms with E-state index in [0.29, 0.717) is 6.42 Å². The summed E-state index contributed by atoms with van der Waals surface area (Å²) in [5.74, 6) is -1.57. The normalized spacial score (nSPS) is 26.4. The fourth-order valence-corrected chi connectivity index (χ4v) is 4.20. The molecule has 0 amide bonds. The van der Waals surface area contributed by atoms with Crippen LogP contribution >= 0.6 is 0 Å². The van der Waals surface area contributed by atoms with Gasteiger partial charge in [-0.2, -0.15) is 0 Å². The molecule has 2 heterocycles. The molecule has 4 atom stereocenters. The number of esters is 1. The van der Waals surface area contributed by atoms with E-state index in [0.717, 1.165) is 24.0 Å². The highest BCUT2D eigenvalue weighted by molar-refractivity contribution is 5.74. The van der Waals surface area contributed by atoms with Crippen LogP contribution in [-0.4, -0.2) is 31.4 Å². The van der Waals surface area contributed by atoms with Gasteiger partial charge in [0.1, 0.15) is 23.7 Å². The van der Waals surface area contributed by atoms with Crippen molar-refractivity contribution in [2.75, 3.05) is 7.11 Å². The molecule has 148 valence electrons. The fourth-order valence-electron chi connectivity index (χ4n) is 4.20. The van der Waals surface area contributed by atoms with E-state index in [2.05, 4.69) is 0 Å². The third-order valence-corrected chi connectivity index (χ3v) is 5.57. The number of methoxy groups -OCH3 is 1. The smallest absolute Gasteiger partial charge is 0.313 e. The summed E-state index contributed by atoms with van der Waals surface area (Å²) >= 11 is 0. The van der Waals surface area contributed by atoms with E-state index in [-0.39, 0.29) is 29.8 Å². The Morgan fingerprint density at radius 2 is 1.57 bits per heavy atom. The molecule has 0 saturated carbocycles. The van der Waals surface area contributed by atoms with Crippen LogP contribution in [0.4, 0.5) is 8.78 Å². The largest absolute Gasteiger partial charge is 0.469 e. The van der Waals surface area contributed by atoms with Crippen molar-refractivity contribution in [3.8, 4) is 0 Å². The van der Waals surface area contributed by atoms with Gasteiger partial charge < -0.3 is 14.2 Å². The van der Waals surface area contributed by atoms with Crippen LogP contribution in [0.2, 0.25) is 0 Å². The Balaban J connectivity index is 1.67. The van der Waals surface area contributed by atoms with Gasteiger partial charge in [-0.25, -0.2) is 8.78 Å². The van der Waals surface area contributed by atoms with Crippen LogP contribution in [0.15, 0.2) is 48.5 Å². The molecule has 2 aromatic carbocycles. The molecule has 2 aliphatic rings. The number of halogens is 2. The van der Waals surface area contributed by atoms with Gasteiger partial charge in [-0.1, -0.05) is 24.3 Å². The highest BCUT2D eigenvalue weighted by Gasteiger charge is 2.48. The van der Waals surface area contributed by atoms with E-state index < -0.39 is 18.1 Å². The third-order valence-electron chi connectivity index (χ3n) is 5.57. The summed E-state index contributed by atoms with van der Waals surface area (Å²) in [7, 11) is 1.36. The molecule has 0 aliphatic carbocycles. The summed E-state index contributed by atoms with van der Waals surface area (Å²) in [6.07, 6.45) is 1.12. The molecule has 2 bridgehead atoms. The Kier molecular flexibility index (Phi) is 5.42. The number of hydrogen-bond acceptors (Lipinski definition) is 4. The van der Waals surface area contributed by atoms with E-state index >= 15 is 0 Å². The minimum atomic E-state index is -0.559. The lowest BCUT2D eigenvalue weighted by Gasteiger charge is -2.37. The van der Waals surface area contributed by atoms with Gasteiger partial charge in [0, 0.05) is 6.42 Å². The lowest BCUT2D eigenvalue weighted by molar-refractivity contribution is -0.176. The van der Waals surface area contributed by atoms with Gasteiger partial charge >= 0.3 is 5.97 Å². The predicted molar refractivity (Wildman–Crippen MR) is 97.5 cm³/mol. The van der Waals surface area contributed by atoms with Crippen molar-refractivity contribution in [2.45, 2.75) is 43.7 Å². The first-order chi connectivity index (χ1) is 13.5. The molecule has 28 heavy (non-hydrogen) atoms. The summed E-state index contributed by atoms with van der Waals surface area (Å²) in [4.78, 5) is 12.4. The summed E-state index contributed by atoms with van der Waals surface area (Å²) in [5, 5.41) is 0. The SMILES string of the molecule is COC(=O)[C@H]1C2CCC(CC1OC(c1ccc(F)cc1)c1ccc(F)cc1)O2. The molecule has 2 fully saturated rings. The minimum Gasteiger partial charge on any atom is -0.469 e. The van der Waals surface area contributed by atoms with Crippen molar-refractivity contribution < 1.29 is 27.8 Å². The number of carbonyl (C=O) groups is 1. The summed E-state index contributed by atoms with van der Waals surface area (Å²) < 4.78 is 44.2. The average Bonchev–Trinajstić information content (AvgIpc) is 3.08. The fraction of sp³-hybridized carbons (Fsp3) is 0.409. The molecule has 2 aromatic rings. The van der Waals surface area contributed by atoms with Crippen LogP contribution in [0, 0.1) is 17.6 Å². The molecule has 2 saturated heterocycles. The van der Waals surface area contributed by atoms with Crippen molar-refractivity contribution in [2.24, 2.45) is 5.92 Å². The number of benzene rings is 2. The predicted octanol–water partition coefficient (Wildman–Crippen LogP) is 4.18. The number of ether oxygens (including phenoxy) is 3. The van der Waals surface area contributed by atoms with Crippen LogP contribution in [0.3, 0.4) is 0 Å². The number of hydrogen-bond donors (Lipinski definition) is 0. The van der Waals surface area contributed by atoms with Crippen LogP contribution < -0.4 is 0 Å². The van der Waals surface area contributed by atoms with Gasteiger partial charge in [-0.15, -0.1) is 0 Å². The van der Waals surface area contributed by atoms with Crippen LogP contribution in [0.5, 0.6) is 0 Å². The van der Waals surface area contributed by atoms with Gasteiger partial charge in [0.05, 0.1) is 25.4 Å². The topological polar surface area (TPSA) is 44.8 Å². The molecule has 0 radical (unpaired) electrons. The Morgan fingerprint density at radius 1 is 1.00 bits per heavy atom. The zero-order valence-electron chi connectivity index (χ0n) is 15.5. The monoisotopic (exact) mass is 388 g/mol. The Morgan fingerprint density at radius 3 is 2.11 bits per heavy atom. The standard InChI is InChI=1S/C22H22F2O4/c1-26-22(25)20-18-11-10-17(27-18)12-19(20)28-21(13-2-6-15(23)7-3-13)14-4-8-16(24)9-5-14/h2-9,17-21H,10-12H2,1H3/t17?,18?,19?,20-/m0/s1. The number of carbonyl (C=O) groups excluding carboxylic acids is 1. The van der Waals surface area contributed by atoms with E-state index in [1.54, 1.807) is 24.3 Å². The third kappa shape index (κ3) is 3.80. The molecule has 0 aromatic heterocycles. The van der Waals surface area contributed by atoms with E-state index in [9.17, 15) is 13.6 Å². The zero-order chi connectivity index (χ0) is 19.7. The summed E-state index contributed by atoms with van der Waals surface area (Å²) in [6.45, 7) is 0. The van der Waals surface area contributed by atoms with Gasteiger partial charge in [-0.05, 0) is 48.2 Å². The maximum atomic E-state index is 13.4. The second kappa shape index (κ2) is 7.97. The second-order valence-corrected chi connectivity index (χ2v) is 7.32. The molecule has 2 aliphatic heterocycles. The van der Waals surface area contributed by atoms with E-state index in [4.69, 9.17) is 14.2 Å². The zero-order valence-corrected chi connectivity index (χ0v) is 15.5. The minimum absolute atomic E-state index is 0.0537. The van der Waals surface area contributed by atoms with E-state index in [1.165, 1.54) is 31.4 Å². The van der Waals surface area contributed by atoms with Crippen LogP contribution in [0.1, 0.15) is 36.5 Å². The first kappa shape index (κ1) is 19.0. The molecular formula is C22H22F2O4. The quantitative estimate of drug-likeness (QED) is 0.721. The summed E-state index contributed by atoms with van der Waals surface area (Å²) in [6, 6.07) is 12.0. The molecule has 0 N–H and O–H groups in total. The lowest BCUT2D eigenvalue weighted by atomic mass is 9.91. The van der Waals surface area contributed by atoms with Gasteiger partial charge in [0.2, 0.25) is 0 Å². The van der Waals surface area contributed by atoms with Gasteiger partial charge in [-0.3, -0.25) is 4.79 Å².